The molecule has 0 bridgehead atoms. The van der Waals surface area contributed by atoms with E-state index < -0.39 is 11.3 Å². The Morgan fingerprint density at radius 1 is 1.62 bits per heavy atom. The maximum Gasteiger partial charge on any atom is 0.238 e. The molecule has 3 heteroatoms. The van der Waals surface area contributed by atoms with Crippen LogP contribution in [0.15, 0.2) is 0 Å². The molecule has 48 valence electrons. The van der Waals surface area contributed by atoms with E-state index in [1.54, 1.807) is 0 Å². The van der Waals surface area contributed by atoms with E-state index in [4.69, 9.17) is 17.3 Å². The van der Waals surface area contributed by atoms with E-state index in [1.165, 1.54) is 0 Å². The van der Waals surface area contributed by atoms with Crippen LogP contribution >= 0.6 is 11.6 Å². The van der Waals surface area contributed by atoms with Crippen LogP contribution in [0.1, 0.15) is 13.8 Å². The average molecular weight is 136 g/mol. The Bertz CT molecular complexity index is 92.4. The summed E-state index contributed by atoms with van der Waals surface area (Å²) in [7, 11) is 0. The molecule has 0 heterocycles. The summed E-state index contributed by atoms with van der Waals surface area (Å²) in [6, 6.07) is -0.503. The van der Waals surface area contributed by atoms with Crippen LogP contribution in [0.2, 0.25) is 0 Å². The Kier molecular flexibility index (Phi) is 3.02. The van der Waals surface area contributed by atoms with Gasteiger partial charge in [0, 0.05) is 0 Å². The second kappa shape index (κ2) is 3.05. The van der Waals surface area contributed by atoms with Crippen molar-refractivity contribution in [3.8, 4) is 0 Å². The molecular weight excluding hydrogens is 126 g/mol. The molecule has 1 atom stereocenters. The third kappa shape index (κ3) is 2.28. The Labute approximate surface area is 54.0 Å². The molecule has 2 N–H and O–H groups in total. The molecule has 0 fully saturated rings. The highest BCUT2D eigenvalue weighted by molar-refractivity contribution is 6.64. The molecule has 2 nitrogen and oxygen atoms in total. The lowest BCUT2D eigenvalue weighted by Crippen LogP contribution is -2.32. The summed E-state index contributed by atoms with van der Waals surface area (Å²) in [5, 5.41) is -0.458. The zero-order valence-corrected chi connectivity index (χ0v) is 5.77. The molecule has 0 radical (unpaired) electrons. The summed E-state index contributed by atoms with van der Waals surface area (Å²) < 4.78 is 0. The number of nitrogens with two attached hydrogens (primary N) is 1. The highest BCUT2D eigenvalue weighted by Crippen LogP contribution is 2.00. The van der Waals surface area contributed by atoms with Crippen molar-refractivity contribution in [3.63, 3.8) is 0 Å². The monoisotopic (exact) mass is 135 g/mol. The minimum atomic E-state index is -0.503. The van der Waals surface area contributed by atoms with Gasteiger partial charge in [0.15, 0.2) is 0 Å². The summed E-state index contributed by atoms with van der Waals surface area (Å²) in [5.41, 5.74) is 5.28. The van der Waals surface area contributed by atoms with Gasteiger partial charge < -0.3 is 5.73 Å². The molecule has 0 unspecified atom stereocenters. The van der Waals surface area contributed by atoms with E-state index >= 15 is 0 Å². The van der Waals surface area contributed by atoms with E-state index in [0.29, 0.717) is 0 Å². The largest absolute Gasteiger partial charge is 0.320 e. The molecular formula is C5H10ClNO. The molecule has 0 aromatic rings. The van der Waals surface area contributed by atoms with Crippen LogP contribution in [0.5, 0.6) is 0 Å². The van der Waals surface area contributed by atoms with Gasteiger partial charge in [-0.25, -0.2) is 0 Å². The molecule has 0 saturated carbocycles. The molecule has 0 saturated heterocycles. The topological polar surface area (TPSA) is 43.1 Å². The average Bonchev–Trinajstić information content (AvgIpc) is 1.64. The van der Waals surface area contributed by atoms with Crippen molar-refractivity contribution in [2.45, 2.75) is 19.9 Å². The van der Waals surface area contributed by atoms with Gasteiger partial charge in [0.2, 0.25) is 5.24 Å². The molecule has 0 spiro atoms. The number of rotatable bonds is 2. The van der Waals surface area contributed by atoms with Crippen molar-refractivity contribution in [2.75, 3.05) is 0 Å². The van der Waals surface area contributed by atoms with Gasteiger partial charge in [-0.1, -0.05) is 13.8 Å². The van der Waals surface area contributed by atoms with Gasteiger partial charge in [-0.15, -0.1) is 0 Å². The first-order valence-electron chi connectivity index (χ1n) is 2.50. The number of halogens is 1. The molecule has 0 aliphatic carbocycles. The van der Waals surface area contributed by atoms with E-state index in [-0.39, 0.29) is 5.92 Å². The maximum atomic E-state index is 10.2. The Balaban J connectivity index is 3.64. The lowest BCUT2D eigenvalue weighted by atomic mass is 10.1. The van der Waals surface area contributed by atoms with Crippen molar-refractivity contribution in [1.82, 2.24) is 0 Å². The first-order chi connectivity index (χ1) is 3.55. The van der Waals surface area contributed by atoms with Crippen LogP contribution in [0, 0.1) is 5.92 Å². The van der Waals surface area contributed by atoms with Gasteiger partial charge in [-0.2, -0.15) is 0 Å². The van der Waals surface area contributed by atoms with Crippen molar-refractivity contribution >= 4 is 16.8 Å². The highest BCUT2D eigenvalue weighted by atomic mass is 35.5. The van der Waals surface area contributed by atoms with Crippen LogP contribution in [0.3, 0.4) is 0 Å². The SMILES string of the molecule is CC(C)[C@H](N)C(=O)Cl. The summed E-state index contributed by atoms with van der Waals surface area (Å²) >= 11 is 5.06. The highest BCUT2D eigenvalue weighted by Gasteiger charge is 2.13. The van der Waals surface area contributed by atoms with Crippen molar-refractivity contribution in [1.29, 1.82) is 0 Å². The lowest BCUT2D eigenvalue weighted by molar-refractivity contribution is -0.113. The molecule has 0 amide bonds. The first-order valence-corrected chi connectivity index (χ1v) is 2.88. The van der Waals surface area contributed by atoms with Crippen LogP contribution < -0.4 is 5.73 Å². The fourth-order valence-electron chi connectivity index (χ4n) is 0.262. The Morgan fingerprint density at radius 2 is 2.00 bits per heavy atom. The van der Waals surface area contributed by atoms with E-state index in [2.05, 4.69) is 0 Å². The summed E-state index contributed by atoms with van der Waals surface area (Å²) in [4.78, 5) is 10.2. The van der Waals surface area contributed by atoms with Gasteiger partial charge in [0.05, 0.1) is 6.04 Å². The fourth-order valence-corrected chi connectivity index (χ4v) is 0.514. The van der Waals surface area contributed by atoms with Gasteiger partial charge in [-0.05, 0) is 17.5 Å². The summed E-state index contributed by atoms with van der Waals surface area (Å²) in [6.07, 6.45) is 0. The first kappa shape index (κ1) is 7.92. The van der Waals surface area contributed by atoms with Gasteiger partial charge in [0.25, 0.3) is 0 Å². The molecule has 0 aliphatic heterocycles. The number of hydrogen-bond donors (Lipinski definition) is 1. The van der Waals surface area contributed by atoms with Crippen LogP contribution in [-0.4, -0.2) is 11.3 Å². The number of carbonyl (C=O) groups is 1. The predicted molar refractivity (Wildman–Crippen MR) is 33.7 cm³/mol. The van der Waals surface area contributed by atoms with Gasteiger partial charge in [0.1, 0.15) is 0 Å². The van der Waals surface area contributed by atoms with Crippen LogP contribution in [0.4, 0.5) is 0 Å². The summed E-state index contributed by atoms with van der Waals surface area (Å²) in [6.45, 7) is 3.70. The third-order valence-electron chi connectivity index (χ3n) is 0.980. The van der Waals surface area contributed by atoms with E-state index in [0.717, 1.165) is 0 Å². The zero-order valence-electron chi connectivity index (χ0n) is 5.02. The molecule has 8 heavy (non-hydrogen) atoms. The maximum absolute atomic E-state index is 10.2. The normalized spacial score (nSPS) is 14.1. The minimum absolute atomic E-state index is 0.139. The molecule has 0 aromatic heterocycles. The Hall–Kier alpha value is -0.0800. The quantitative estimate of drug-likeness (QED) is 0.568. The molecule has 0 rings (SSSR count). The molecule has 0 aromatic carbocycles. The van der Waals surface area contributed by atoms with Crippen molar-refractivity contribution in [2.24, 2.45) is 11.7 Å². The van der Waals surface area contributed by atoms with Crippen molar-refractivity contribution < 1.29 is 4.79 Å². The lowest BCUT2D eigenvalue weighted by Gasteiger charge is -2.08. The second-order valence-electron chi connectivity index (χ2n) is 2.07. The fraction of sp³-hybridized carbons (Fsp3) is 0.800. The third-order valence-corrected chi connectivity index (χ3v) is 1.23. The van der Waals surface area contributed by atoms with E-state index in [1.807, 2.05) is 13.8 Å². The van der Waals surface area contributed by atoms with Crippen molar-refractivity contribution in [3.05, 3.63) is 0 Å². The molecule has 0 aliphatic rings. The van der Waals surface area contributed by atoms with Gasteiger partial charge >= 0.3 is 0 Å². The standard InChI is InChI=1S/C5H10ClNO/c1-3(2)4(7)5(6)8/h3-4H,7H2,1-2H3/t4-/m0/s1. The second-order valence-corrected chi connectivity index (χ2v) is 2.45. The van der Waals surface area contributed by atoms with E-state index in [9.17, 15) is 4.79 Å². The minimum Gasteiger partial charge on any atom is -0.320 e. The van der Waals surface area contributed by atoms with Crippen LogP contribution in [-0.2, 0) is 4.79 Å². The number of hydrogen-bond acceptors (Lipinski definition) is 2. The van der Waals surface area contributed by atoms with Gasteiger partial charge in [-0.3, -0.25) is 4.79 Å². The zero-order chi connectivity index (χ0) is 6.73. The predicted octanol–water partition coefficient (Wildman–Crippen LogP) is 0.735. The number of carbonyl (C=O) groups excluding carboxylic acids is 1. The smallest absolute Gasteiger partial charge is 0.238 e. The summed E-state index contributed by atoms with van der Waals surface area (Å²) in [5.74, 6) is 0.139. The Morgan fingerprint density at radius 3 is 2.00 bits per heavy atom. The van der Waals surface area contributed by atoms with Crippen LogP contribution in [0.25, 0.3) is 0 Å².